The topological polar surface area (TPSA) is 4.93 Å². The number of fused-ring (bicyclic) bond motifs is 10. The van der Waals surface area contributed by atoms with Crippen LogP contribution >= 0.6 is 0 Å². The summed E-state index contributed by atoms with van der Waals surface area (Å²) in [5, 5.41) is 10.4. The number of nitrogens with zero attached hydrogens (tertiary/aromatic N) is 1. The standard InChI is InChI=1S/C36H23NSe/c1-2-12-24(13-3-1)37-33-19-9-6-16-27(33)25-14-4-5-15-26(25)30-22-32-29-18-8-11-21-35(29)38-36(32)23-31(30)28-17-7-10-20-34(28)37/h1-23H. The van der Waals surface area contributed by atoms with Crippen molar-refractivity contribution in [1.29, 1.82) is 0 Å². The van der Waals surface area contributed by atoms with E-state index in [1.54, 1.807) is 0 Å². The summed E-state index contributed by atoms with van der Waals surface area (Å²) in [6, 6.07) is 51.3. The third-order valence-electron chi connectivity index (χ3n) is 7.62. The van der Waals surface area contributed by atoms with Crippen LogP contribution in [0.5, 0.6) is 0 Å². The van der Waals surface area contributed by atoms with Crippen LogP contribution in [0.2, 0.25) is 0 Å². The van der Waals surface area contributed by atoms with Crippen molar-refractivity contribution in [3.8, 4) is 5.69 Å². The SMILES string of the molecule is c1ccc(-n2c3ccccc3c3ccccc3c3cc4c(cc3c3ccccc32)[se]c2ccccc24)cc1. The Morgan fingerprint density at radius 2 is 0.842 bits per heavy atom. The van der Waals surface area contributed by atoms with Crippen LogP contribution in [0.15, 0.2) is 140 Å². The van der Waals surface area contributed by atoms with Gasteiger partial charge >= 0.3 is 227 Å². The maximum absolute atomic E-state index is 2.49. The molecule has 0 amide bonds. The summed E-state index contributed by atoms with van der Waals surface area (Å²) in [6.07, 6.45) is 0. The van der Waals surface area contributed by atoms with Crippen LogP contribution in [0.25, 0.3) is 68.3 Å². The van der Waals surface area contributed by atoms with E-state index in [0.29, 0.717) is 14.5 Å². The van der Waals surface area contributed by atoms with Gasteiger partial charge < -0.3 is 0 Å². The summed E-state index contributed by atoms with van der Waals surface area (Å²) < 4.78 is 5.37. The second kappa shape index (κ2) is 8.60. The van der Waals surface area contributed by atoms with Crippen LogP contribution in [0.1, 0.15) is 0 Å². The molecule has 0 bridgehead atoms. The number of benzene rings is 6. The predicted molar refractivity (Wildman–Crippen MR) is 165 cm³/mol. The molecule has 2 heteroatoms. The molecular weight excluding hydrogens is 525 g/mol. The molecule has 0 atom stereocenters. The number of aromatic nitrogens is 1. The van der Waals surface area contributed by atoms with Crippen molar-refractivity contribution < 1.29 is 0 Å². The second-order valence-corrected chi connectivity index (χ2v) is 12.0. The van der Waals surface area contributed by atoms with E-state index in [1.165, 1.54) is 62.6 Å². The van der Waals surface area contributed by atoms with Crippen molar-refractivity contribution in [2.45, 2.75) is 0 Å². The molecule has 0 aliphatic rings. The molecule has 2 heterocycles. The van der Waals surface area contributed by atoms with E-state index in [9.17, 15) is 0 Å². The summed E-state index contributed by atoms with van der Waals surface area (Å²) in [6.45, 7) is 0. The zero-order chi connectivity index (χ0) is 25.1. The molecule has 0 spiro atoms. The van der Waals surface area contributed by atoms with Gasteiger partial charge in [-0.3, -0.25) is 0 Å². The normalized spacial score (nSPS) is 11.7. The summed E-state index contributed by atoms with van der Waals surface area (Å²) in [5.41, 5.74) is 3.54. The Kier molecular flexibility index (Phi) is 4.91. The van der Waals surface area contributed by atoms with Crippen LogP contribution in [0, 0.1) is 0 Å². The van der Waals surface area contributed by atoms with Gasteiger partial charge in [0.25, 0.3) is 0 Å². The van der Waals surface area contributed by atoms with Crippen molar-refractivity contribution in [3.63, 3.8) is 0 Å². The van der Waals surface area contributed by atoms with E-state index >= 15 is 0 Å². The summed E-state index contributed by atoms with van der Waals surface area (Å²) in [4.78, 5) is 0. The molecule has 0 fully saturated rings. The molecule has 0 saturated carbocycles. The first-order valence-electron chi connectivity index (χ1n) is 13.0. The van der Waals surface area contributed by atoms with Crippen LogP contribution < -0.4 is 0 Å². The average molecular weight is 549 g/mol. The van der Waals surface area contributed by atoms with Crippen LogP contribution in [-0.4, -0.2) is 19.1 Å². The van der Waals surface area contributed by atoms with E-state index in [2.05, 4.69) is 144 Å². The van der Waals surface area contributed by atoms with Gasteiger partial charge in [0.2, 0.25) is 0 Å². The van der Waals surface area contributed by atoms with Gasteiger partial charge in [-0.25, -0.2) is 0 Å². The Bertz CT molecular complexity index is 2230. The third-order valence-corrected chi connectivity index (χ3v) is 10.00. The fraction of sp³-hybridized carbons (Fsp3) is 0. The Hall–Kier alpha value is -4.36. The second-order valence-electron chi connectivity index (χ2n) is 9.74. The van der Waals surface area contributed by atoms with Gasteiger partial charge in [0.05, 0.1) is 0 Å². The van der Waals surface area contributed by atoms with Crippen LogP contribution in [0.3, 0.4) is 0 Å². The molecule has 8 aromatic rings. The Morgan fingerprint density at radius 1 is 0.342 bits per heavy atom. The first kappa shape index (κ1) is 21.7. The Labute approximate surface area is 226 Å². The molecule has 178 valence electrons. The van der Waals surface area contributed by atoms with Crippen molar-refractivity contribution in [3.05, 3.63) is 140 Å². The molecular formula is C36H23NSe. The minimum atomic E-state index is 0.302. The van der Waals surface area contributed by atoms with E-state index in [0.717, 1.165) is 5.69 Å². The summed E-state index contributed by atoms with van der Waals surface area (Å²) in [5.74, 6) is 0. The van der Waals surface area contributed by atoms with Crippen molar-refractivity contribution in [2.24, 2.45) is 0 Å². The van der Waals surface area contributed by atoms with Gasteiger partial charge in [0, 0.05) is 0 Å². The summed E-state index contributed by atoms with van der Waals surface area (Å²) in [7, 11) is 0. The number of hydrogen-bond acceptors (Lipinski definition) is 0. The quantitative estimate of drug-likeness (QED) is 0.180. The molecule has 0 aliphatic heterocycles. The fourth-order valence-corrected chi connectivity index (χ4v) is 8.31. The Balaban J connectivity index is 1.76. The molecule has 38 heavy (non-hydrogen) atoms. The first-order chi connectivity index (χ1) is 18.9. The van der Waals surface area contributed by atoms with Gasteiger partial charge in [0.15, 0.2) is 0 Å². The molecule has 2 aromatic heterocycles. The summed E-state index contributed by atoms with van der Waals surface area (Å²) >= 11 is 0.302. The first-order valence-corrected chi connectivity index (χ1v) is 14.7. The molecule has 0 saturated heterocycles. The molecule has 0 unspecified atom stereocenters. The van der Waals surface area contributed by atoms with Crippen molar-refractivity contribution >= 4 is 77.1 Å². The van der Waals surface area contributed by atoms with Gasteiger partial charge in [-0.2, -0.15) is 0 Å². The molecule has 1 nitrogen and oxygen atoms in total. The predicted octanol–water partition coefficient (Wildman–Crippen LogP) is 9.58. The van der Waals surface area contributed by atoms with Crippen molar-refractivity contribution in [1.82, 2.24) is 4.57 Å². The van der Waals surface area contributed by atoms with E-state index < -0.39 is 0 Å². The molecule has 0 N–H and O–H groups in total. The van der Waals surface area contributed by atoms with Crippen LogP contribution in [-0.2, 0) is 0 Å². The Morgan fingerprint density at radius 3 is 1.55 bits per heavy atom. The third kappa shape index (κ3) is 3.25. The van der Waals surface area contributed by atoms with Gasteiger partial charge in [-0.1, -0.05) is 0 Å². The zero-order valence-electron chi connectivity index (χ0n) is 20.6. The fourth-order valence-electron chi connectivity index (χ4n) is 5.95. The zero-order valence-corrected chi connectivity index (χ0v) is 22.3. The number of rotatable bonds is 1. The number of para-hydroxylation sites is 3. The molecule has 6 aromatic carbocycles. The van der Waals surface area contributed by atoms with E-state index in [-0.39, 0.29) is 0 Å². The molecule has 8 rings (SSSR count). The molecule has 0 radical (unpaired) electrons. The average Bonchev–Trinajstić information content (AvgIpc) is 3.36. The van der Waals surface area contributed by atoms with Crippen molar-refractivity contribution in [2.75, 3.05) is 0 Å². The van der Waals surface area contributed by atoms with Gasteiger partial charge in [-0.15, -0.1) is 0 Å². The monoisotopic (exact) mass is 549 g/mol. The van der Waals surface area contributed by atoms with Crippen LogP contribution in [0.4, 0.5) is 0 Å². The number of hydrogen-bond donors (Lipinski definition) is 0. The minimum absolute atomic E-state index is 0.302. The van der Waals surface area contributed by atoms with E-state index in [1.807, 2.05) is 0 Å². The maximum atomic E-state index is 2.49. The van der Waals surface area contributed by atoms with Gasteiger partial charge in [-0.05, 0) is 0 Å². The molecule has 0 aliphatic carbocycles. The van der Waals surface area contributed by atoms with E-state index in [4.69, 9.17) is 0 Å². The van der Waals surface area contributed by atoms with Gasteiger partial charge in [0.1, 0.15) is 0 Å².